The number of carbonyl (C=O) groups is 1. The summed E-state index contributed by atoms with van der Waals surface area (Å²) in [6, 6.07) is 20.1. The molecule has 3 N–H and O–H groups in total. The van der Waals surface area contributed by atoms with Crippen LogP contribution in [0.3, 0.4) is 0 Å². The van der Waals surface area contributed by atoms with Crippen molar-refractivity contribution >= 4 is 22.8 Å². The summed E-state index contributed by atoms with van der Waals surface area (Å²) in [5.41, 5.74) is 17.4. The lowest BCUT2D eigenvalue weighted by atomic mass is 9.83. The monoisotopic (exact) mass is 488 g/mol. The number of hydrogen-bond acceptors (Lipinski definition) is 6. The number of amides is 1. The highest BCUT2D eigenvalue weighted by atomic mass is 16.5. The summed E-state index contributed by atoms with van der Waals surface area (Å²) in [5, 5.41) is 3.04. The molecule has 0 radical (unpaired) electrons. The van der Waals surface area contributed by atoms with Gasteiger partial charge in [0.1, 0.15) is 23.5 Å². The number of aromatic nitrogens is 2. The molecule has 0 saturated carbocycles. The lowest BCUT2D eigenvalue weighted by Crippen LogP contribution is -2.24. The molecule has 3 aromatic carbocycles. The molecule has 5 aromatic rings. The minimum Gasteiger partial charge on any atom is -0.443 e. The fraction of sp³-hybridized carbons (Fsp3) is 0.167. The summed E-state index contributed by atoms with van der Waals surface area (Å²) < 4.78 is 12.1. The molecular formula is C30H24N4O3. The van der Waals surface area contributed by atoms with Gasteiger partial charge in [0.25, 0.3) is 5.91 Å². The number of nitrogens with one attached hydrogen (secondary N) is 1. The van der Waals surface area contributed by atoms with Gasteiger partial charge in [-0.15, -0.1) is 0 Å². The average Bonchev–Trinajstić information content (AvgIpc) is 3.61. The molecule has 37 heavy (non-hydrogen) atoms. The third kappa shape index (κ3) is 3.35. The normalized spacial score (nSPS) is 17.1. The number of rotatable bonds is 4. The van der Waals surface area contributed by atoms with E-state index in [1.54, 1.807) is 0 Å². The zero-order valence-corrected chi connectivity index (χ0v) is 20.4. The fourth-order valence-electron chi connectivity index (χ4n) is 5.69. The minimum absolute atomic E-state index is 0.117. The zero-order chi connectivity index (χ0) is 25.3. The van der Waals surface area contributed by atoms with Crippen LogP contribution in [-0.4, -0.2) is 15.9 Å². The van der Waals surface area contributed by atoms with Crippen LogP contribution in [0, 0.1) is 13.8 Å². The lowest BCUT2D eigenvalue weighted by molar-refractivity contribution is 0.0857. The molecule has 1 amide bonds. The number of hydrogen-bond donors (Lipinski definition) is 2. The summed E-state index contributed by atoms with van der Waals surface area (Å²) in [6.07, 6.45) is 1.15. The second kappa shape index (κ2) is 8.01. The summed E-state index contributed by atoms with van der Waals surface area (Å²) in [6.45, 7) is 4.27. The van der Waals surface area contributed by atoms with Gasteiger partial charge < -0.3 is 20.2 Å². The molecule has 0 spiro atoms. The lowest BCUT2D eigenvalue weighted by Gasteiger charge is -2.18. The number of nitrogen functional groups attached to an aromatic ring is 1. The molecule has 2 aromatic heterocycles. The number of nitrogens with zero attached hydrogens (tertiary/aromatic N) is 2. The van der Waals surface area contributed by atoms with E-state index in [1.807, 2.05) is 56.3 Å². The van der Waals surface area contributed by atoms with E-state index in [0.717, 1.165) is 55.7 Å². The molecular weight excluding hydrogens is 464 g/mol. The van der Waals surface area contributed by atoms with Crippen molar-refractivity contribution < 1.29 is 13.9 Å². The number of nitrogens with two attached hydrogens (primary N) is 1. The number of aryl methyl sites for hydroxylation is 2. The first-order valence-corrected chi connectivity index (χ1v) is 12.2. The summed E-state index contributed by atoms with van der Waals surface area (Å²) in [4.78, 5) is 21.7. The summed E-state index contributed by atoms with van der Waals surface area (Å²) in [5.74, 6) is 0.354. The van der Waals surface area contributed by atoms with Crippen molar-refractivity contribution in [2.24, 2.45) is 0 Å². The third-order valence-corrected chi connectivity index (χ3v) is 7.51. The number of oxazole rings is 1. The molecule has 0 fully saturated rings. The van der Waals surface area contributed by atoms with Crippen molar-refractivity contribution in [1.82, 2.24) is 15.3 Å². The Balaban J connectivity index is 1.18. The van der Waals surface area contributed by atoms with Gasteiger partial charge in [-0.2, -0.15) is 0 Å². The van der Waals surface area contributed by atoms with Crippen molar-refractivity contribution in [3.05, 3.63) is 112 Å². The van der Waals surface area contributed by atoms with Gasteiger partial charge in [0, 0.05) is 23.4 Å². The Kier molecular flexibility index (Phi) is 4.71. The zero-order valence-electron chi connectivity index (χ0n) is 20.4. The van der Waals surface area contributed by atoms with Crippen LogP contribution in [0.15, 0.2) is 71.5 Å². The minimum atomic E-state index is -0.206. The van der Waals surface area contributed by atoms with Crippen LogP contribution in [0.5, 0.6) is 0 Å². The van der Waals surface area contributed by atoms with Gasteiger partial charge in [-0.3, -0.25) is 4.79 Å². The Hall–Kier alpha value is -4.49. The van der Waals surface area contributed by atoms with E-state index < -0.39 is 0 Å². The Morgan fingerprint density at radius 2 is 1.76 bits per heavy atom. The molecule has 2 bridgehead atoms. The number of fused-ring (bicyclic) bond motifs is 9. The van der Waals surface area contributed by atoms with E-state index in [2.05, 4.69) is 33.5 Å². The van der Waals surface area contributed by atoms with Gasteiger partial charge in [-0.1, -0.05) is 30.3 Å². The van der Waals surface area contributed by atoms with E-state index in [4.69, 9.17) is 14.9 Å². The topological polar surface area (TPSA) is 103 Å². The van der Waals surface area contributed by atoms with Crippen molar-refractivity contribution in [2.45, 2.75) is 32.6 Å². The number of carbonyl (C=O) groups excluding carboxylic acids is 1. The van der Waals surface area contributed by atoms with Crippen LogP contribution < -0.4 is 11.1 Å². The maximum absolute atomic E-state index is 13.1. The number of benzene rings is 3. The molecule has 0 aliphatic carbocycles. The quantitative estimate of drug-likeness (QED) is 0.344. The Bertz CT molecular complexity index is 1720. The SMILES string of the molecule is Cc1cc(N)nc(C)c1CNC(=O)c1ccc2c(c1)C1OC2c2ccc(-c3cccc4ncoc34)cc21. The maximum atomic E-state index is 13.1. The fourth-order valence-corrected chi connectivity index (χ4v) is 5.69. The molecule has 4 heterocycles. The Morgan fingerprint density at radius 3 is 2.59 bits per heavy atom. The first-order valence-electron chi connectivity index (χ1n) is 12.2. The largest absolute Gasteiger partial charge is 0.443 e. The smallest absolute Gasteiger partial charge is 0.251 e. The van der Waals surface area contributed by atoms with Crippen LogP contribution >= 0.6 is 0 Å². The first-order chi connectivity index (χ1) is 18.0. The van der Waals surface area contributed by atoms with E-state index in [-0.39, 0.29) is 18.1 Å². The van der Waals surface area contributed by atoms with E-state index in [9.17, 15) is 4.79 Å². The number of ether oxygens (including phenoxy) is 1. The molecule has 0 saturated heterocycles. The Morgan fingerprint density at radius 1 is 0.973 bits per heavy atom. The highest BCUT2D eigenvalue weighted by Crippen LogP contribution is 2.55. The molecule has 7 heteroatoms. The van der Waals surface area contributed by atoms with Crippen LogP contribution in [0.4, 0.5) is 5.82 Å². The summed E-state index contributed by atoms with van der Waals surface area (Å²) >= 11 is 0. The van der Waals surface area contributed by atoms with E-state index in [1.165, 1.54) is 12.0 Å². The highest BCUT2D eigenvalue weighted by Gasteiger charge is 2.43. The van der Waals surface area contributed by atoms with E-state index in [0.29, 0.717) is 17.9 Å². The van der Waals surface area contributed by atoms with Crippen molar-refractivity contribution in [1.29, 1.82) is 0 Å². The van der Waals surface area contributed by atoms with Gasteiger partial charge in [0.2, 0.25) is 0 Å². The molecule has 7 nitrogen and oxygen atoms in total. The van der Waals surface area contributed by atoms with Crippen LogP contribution in [-0.2, 0) is 11.3 Å². The molecule has 182 valence electrons. The maximum Gasteiger partial charge on any atom is 0.251 e. The van der Waals surface area contributed by atoms with Crippen LogP contribution in [0.25, 0.3) is 22.2 Å². The van der Waals surface area contributed by atoms with Crippen molar-refractivity contribution in [3.8, 4) is 11.1 Å². The van der Waals surface area contributed by atoms with Crippen LogP contribution in [0.1, 0.15) is 61.6 Å². The average molecular weight is 489 g/mol. The predicted octanol–water partition coefficient (Wildman–Crippen LogP) is 5.54. The Labute approximate surface area is 213 Å². The molecule has 2 unspecified atom stereocenters. The predicted molar refractivity (Wildman–Crippen MR) is 140 cm³/mol. The standard InChI is InChI=1S/C30H24N4O3/c1-15-10-26(31)34-16(2)24(15)13-32-30(35)18-7-9-21-23(12-18)28-22-11-17(6-8-20(22)27(21)37-28)19-4-3-5-25-29(19)36-14-33-25/h3-12,14,27-28H,13H2,1-2H3,(H2,31,34)(H,32,35). The van der Waals surface area contributed by atoms with Gasteiger partial charge in [-0.05, 0) is 83.1 Å². The number of para-hydroxylation sites is 1. The molecule has 7 rings (SSSR count). The second-order valence-electron chi connectivity index (χ2n) is 9.70. The first kappa shape index (κ1) is 21.8. The van der Waals surface area contributed by atoms with Crippen molar-refractivity contribution in [3.63, 3.8) is 0 Å². The van der Waals surface area contributed by atoms with Gasteiger partial charge in [-0.25, -0.2) is 9.97 Å². The van der Waals surface area contributed by atoms with Gasteiger partial charge in [0.05, 0.1) is 0 Å². The molecule has 2 atom stereocenters. The molecule has 2 aliphatic rings. The van der Waals surface area contributed by atoms with Crippen LogP contribution in [0.2, 0.25) is 0 Å². The third-order valence-electron chi connectivity index (χ3n) is 7.51. The van der Waals surface area contributed by atoms with E-state index >= 15 is 0 Å². The number of pyridine rings is 1. The van der Waals surface area contributed by atoms with Crippen molar-refractivity contribution in [2.75, 3.05) is 5.73 Å². The molecule has 2 aliphatic heterocycles. The second-order valence-corrected chi connectivity index (χ2v) is 9.70. The highest BCUT2D eigenvalue weighted by molar-refractivity contribution is 5.95. The summed E-state index contributed by atoms with van der Waals surface area (Å²) in [7, 11) is 0. The van der Waals surface area contributed by atoms with Gasteiger partial charge >= 0.3 is 0 Å². The van der Waals surface area contributed by atoms with Gasteiger partial charge in [0.15, 0.2) is 12.0 Å². The number of anilines is 1.